The number of nitrogens with zero attached hydrogens (tertiary/aromatic N) is 2. The van der Waals surface area contributed by atoms with Crippen LogP contribution in [0.25, 0.3) is 6.08 Å². The Labute approximate surface area is 223 Å². The van der Waals surface area contributed by atoms with E-state index in [0.29, 0.717) is 28.6 Å². The van der Waals surface area contributed by atoms with Gasteiger partial charge in [-0.05, 0) is 72.3 Å². The SMILES string of the molecule is CCN1C(=O)/C(=C/c2ccc(OC)c(OCc3ccccc3)c2)SC1=NS(=O)(=O)c1ccc(Br)cc1. The van der Waals surface area contributed by atoms with E-state index < -0.39 is 10.0 Å². The first-order chi connectivity index (χ1) is 17.3. The van der Waals surface area contributed by atoms with Crippen LogP contribution in [-0.4, -0.2) is 38.0 Å². The average Bonchev–Trinajstić information content (AvgIpc) is 3.16. The van der Waals surface area contributed by atoms with Crippen molar-refractivity contribution in [2.45, 2.75) is 18.4 Å². The van der Waals surface area contributed by atoms with E-state index in [2.05, 4.69) is 20.3 Å². The number of thioether (sulfide) groups is 1. The molecule has 10 heteroatoms. The van der Waals surface area contributed by atoms with Gasteiger partial charge in [0.05, 0.1) is 16.9 Å². The Kier molecular flexibility index (Phi) is 8.17. The molecule has 0 aromatic heterocycles. The fourth-order valence-electron chi connectivity index (χ4n) is 3.40. The zero-order chi connectivity index (χ0) is 25.7. The second-order valence-corrected chi connectivity index (χ2v) is 11.2. The maximum absolute atomic E-state index is 13.0. The predicted octanol–water partition coefficient (Wildman–Crippen LogP) is 5.72. The van der Waals surface area contributed by atoms with Gasteiger partial charge in [0.15, 0.2) is 16.7 Å². The Bertz CT molecular complexity index is 1420. The third-order valence-electron chi connectivity index (χ3n) is 5.24. The summed E-state index contributed by atoms with van der Waals surface area (Å²) in [6.45, 7) is 2.41. The zero-order valence-electron chi connectivity index (χ0n) is 19.5. The molecule has 0 atom stereocenters. The quantitative estimate of drug-likeness (QED) is 0.314. The molecule has 0 bridgehead atoms. The molecule has 186 valence electrons. The van der Waals surface area contributed by atoms with E-state index in [0.717, 1.165) is 21.8 Å². The van der Waals surface area contributed by atoms with Gasteiger partial charge >= 0.3 is 0 Å². The molecular weight excluding hydrogens is 564 g/mol. The first-order valence-corrected chi connectivity index (χ1v) is 14.0. The van der Waals surface area contributed by atoms with Crippen molar-refractivity contribution in [3.05, 3.63) is 93.3 Å². The molecule has 0 unspecified atom stereocenters. The third-order valence-corrected chi connectivity index (χ3v) is 8.17. The summed E-state index contributed by atoms with van der Waals surface area (Å²) in [5.74, 6) is 0.788. The predicted molar refractivity (Wildman–Crippen MR) is 145 cm³/mol. The lowest BCUT2D eigenvalue weighted by Crippen LogP contribution is -2.29. The zero-order valence-corrected chi connectivity index (χ0v) is 22.8. The van der Waals surface area contributed by atoms with E-state index in [9.17, 15) is 13.2 Å². The standard InChI is InChI=1S/C26H23BrN2O5S2/c1-3-29-25(30)24(35-26(29)28-36(31,32)21-12-10-20(27)11-13-21)16-19-9-14-22(33-2)23(15-19)34-17-18-7-5-4-6-8-18/h4-16H,3,17H2,1-2H3/b24-16-,28-26?. The van der Waals surface area contributed by atoms with Crippen molar-refractivity contribution in [1.82, 2.24) is 4.90 Å². The highest BCUT2D eigenvalue weighted by Gasteiger charge is 2.34. The summed E-state index contributed by atoms with van der Waals surface area (Å²) in [4.78, 5) is 14.8. The molecule has 1 saturated heterocycles. The number of benzene rings is 3. The van der Waals surface area contributed by atoms with Crippen LogP contribution in [0.5, 0.6) is 11.5 Å². The first-order valence-electron chi connectivity index (χ1n) is 11.0. The fourth-order valence-corrected chi connectivity index (χ4v) is 5.91. The van der Waals surface area contributed by atoms with Crippen molar-refractivity contribution in [3.63, 3.8) is 0 Å². The normalized spacial score (nSPS) is 16.1. The minimum atomic E-state index is -3.98. The van der Waals surface area contributed by atoms with E-state index in [-0.39, 0.29) is 22.5 Å². The van der Waals surface area contributed by atoms with Gasteiger partial charge in [-0.15, -0.1) is 4.40 Å². The lowest BCUT2D eigenvalue weighted by Gasteiger charge is -2.12. The lowest BCUT2D eigenvalue weighted by molar-refractivity contribution is -0.122. The highest BCUT2D eigenvalue weighted by atomic mass is 79.9. The van der Waals surface area contributed by atoms with Gasteiger partial charge in [0.2, 0.25) is 0 Å². The second kappa shape index (κ2) is 11.3. The molecule has 0 radical (unpaired) electrons. The summed E-state index contributed by atoms with van der Waals surface area (Å²) in [6.07, 6.45) is 1.69. The summed E-state index contributed by atoms with van der Waals surface area (Å²) in [7, 11) is -2.42. The van der Waals surface area contributed by atoms with E-state index in [1.807, 2.05) is 30.3 Å². The van der Waals surface area contributed by atoms with Crippen molar-refractivity contribution in [3.8, 4) is 11.5 Å². The van der Waals surface area contributed by atoms with E-state index in [1.165, 1.54) is 17.0 Å². The van der Waals surface area contributed by atoms with E-state index in [4.69, 9.17) is 9.47 Å². The monoisotopic (exact) mass is 586 g/mol. The largest absolute Gasteiger partial charge is 0.493 e. The highest BCUT2D eigenvalue weighted by Crippen LogP contribution is 2.35. The number of hydrogen-bond donors (Lipinski definition) is 0. The molecule has 0 spiro atoms. The van der Waals surface area contributed by atoms with Crippen molar-refractivity contribution >= 4 is 54.9 Å². The summed E-state index contributed by atoms with van der Waals surface area (Å²) in [5, 5.41) is 0.116. The molecule has 7 nitrogen and oxygen atoms in total. The molecule has 0 N–H and O–H groups in total. The fraction of sp³-hybridized carbons (Fsp3) is 0.154. The first kappa shape index (κ1) is 26.0. The molecule has 3 aromatic carbocycles. The van der Waals surface area contributed by atoms with Crippen LogP contribution < -0.4 is 9.47 Å². The number of amidine groups is 1. The maximum Gasteiger partial charge on any atom is 0.284 e. The average molecular weight is 588 g/mol. The number of methoxy groups -OCH3 is 1. The van der Waals surface area contributed by atoms with Gasteiger partial charge in [0, 0.05) is 11.0 Å². The number of likely N-dealkylation sites (N-methyl/N-ethyl adjacent to an activating group) is 1. The number of hydrogen-bond acceptors (Lipinski definition) is 6. The molecule has 1 aliphatic heterocycles. The minimum absolute atomic E-state index is 0.0510. The Morgan fingerprint density at radius 1 is 1.03 bits per heavy atom. The number of carbonyl (C=O) groups excluding carboxylic acids is 1. The molecule has 1 amide bonds. The van der Waals surface area contributed by atoms with Gasteiger partial charge in [0.25, 0.3) is 15.9 Å². The molecular formula is C26H23BrN2O5S2. The molecule has 36 heavy (non-hydrogen) atoms. The molecule has 1 aliphatic rings. The van der Waals surface area contributed by atoms with Crippen LogP contribution in [0.2, 0.25) is 0 Å². The number of halogens is 1. The van der Waals surface area contributed by atoms with E-state index >= 15 is 0 Å². The molecule has 3 aromatic rings. The maximum atomic E-state index is 13.0. The van der Waals surface area contributed by atoms with E-state index in [1.54, 1.807) is 50.4 Å². The van der Waals surface area contributed by atoms with Crippen LogP contribution in [0.1, 0.15) is 18.1 Å². The highest BCUT2D eigenvalue weighted by molar-refractivity contribution is 9.10. The van der Waals surface area contributed by atoms with Crippen LogP contribution in [0, 0.1) is 0 Å². The van der Waals surface area contributed by atoms with Crippen LogP contribution in [0.4, 0.5) is 0 Å². The van der Waals surface area contributed by atoms with Gasteiger partial charge in [-0.2, -0.15) is 8.42 Å². The van der Waals surface area contributed by atoms with Gasteiger partial charge in [-0.1, -0.05) is 52.3 Å². The Hall–Kier alpha value is -3.08. The van der Waals surface area contributed by atoms with Crippen LogP contribution in [0.3, 0.4) is 0 Å². The van der Waals surface area contributed by atoms with Crippen molar-refractivity contribution in [1.29, 1.82) is 0 Å². The smallest absolute Gasteiger partial charge is 0.284 e. The number of amides is 1. The number of carbonyl (C=O) groups is 1. The molecule has 1 fully saturated rings. The van der Waals surface area contributed by atoms with Crippen molar-refractivity contribution in [2.75, 3.05) is 13.7 Å². The Morgan fingerprint density at radius 3 is 2.42 bits per heavy atom. The third kappa shape index (κ3) is 6.00. The Balaban J connectivity index is 1.61. The summed E-state index contributed by atoms with van der Waals surface area (Å²) >= 11 is 4.32. The number of rotatable bonds is 8. The summed E-state index contributed by atoms with van der Waals surface area (Å²) in [5.41, 5.74) is 1.72. The van der Waals surface area contributed by atoms with Gasteiger partial charge in [-0.25, -0.2) is 0 Å². The minimum Gasteiger partial charge on any atom is -0.493 e. The van der Waals surface area contributed by atoms with Gasteiger partial charge in [0.1, 0.15) is 6.61 Å². The van der Waals surface area contributed by atoms with Crippen molar-refractivity contribution in [2.24, 2.45) is 4.40 Å². The molecule has 1 heterocycles. The Morgan fingerprint density at radius 2 is 1.75 bits per heavy atom. The van der Waals surface area contributed by atoms with Gasteiger partial charge in [-0.3, -0.25) is 9.69 Å². The summed E-state index contributed by atoms with van der Waals surface area (Å²) < 4.78 is 41.8. The van der Waals surface area contributed by atoms with Crippen LogP contribution in [0.15, 0.2) is 91.5 Å². The molecule has 4 rings (SSSR count). The summed E-state index contributed by atoms with van der Waals surface area (Å²) in [6, 6.07) is 21.3. The number of ether oxygens (including phenoxy) is 2. The van der Waals surface area contributed by atoms with Crippen LogP contribution in [-0.2, 0) is 21.4 Å². The molecule has 0 aliphatic carbocycles. The topological polar surface area (TPSA) is 85.3 Å². The van der Waals surface area contributed by atoms with Gasteiger partial charge < -0.3 is 9.47 Å². The van der Waals surface area contributed by atoms with Crippen molar-refractivity contribution < 1.29 is 22.7 Å². The van der Waals surface area contributed by atoms with Crippen LogP contribution >= 0.6 is 27.7 Å². The second-order valence-electron chi connectivity index (χ2n) is 7.65. The lowest BCUT2D eigenvalue weighted by atomic mass is 10.1. The molecule has 0 saturated carbocycles. The number of sulfonamides is 1.